The van der Waals surface area contributed by atoms with Crippen LogP contribution in [0.4, 0.5) is 17.1 Å². The molecule has 0 aromatic heterocycles. The van der Waals surface area contributed by atoms with Crippen molar-refractivity contribution in [1.82, 2.24) is 0 Å². The molecule has 1 aliphatic heterocycles. The first-order valence-electron chi connectivity index (χ1n) is 8.88. The Bertz CT molecular complexity index is 1020. The van der Waals surface area contributed by atoms with Gasteiger partial charge in [-0.15, -0.1) is 0 Å². The molecule has 1 amide bonds. The van der Waals surface area contributed by atoms with E-state index < -0.39 is 14.9 Å². The summed E-state index contributed by atoms with van der Waals surface area (Å²) >= 11 is 0. The minimum Gasteiger partial charge on any atom is -0.312 e. The molecule has 1 aliphatic rings. The molecule has 0 saturated carbocycles. The van der Waals surface area contributed by atoms with Gasteiger partial charge >= 0.3 is 0 Å². The van der Waals surface area contributed by atoms with Crippen molar-refractivity contribution in [3.8, 4) is 0 Å². The Morgan fingerprint density at radius 1 is 1.14 bits per heavy atom. The Morgan fingerprint density at radius 2 is 1.82 bits per heavy atom. The second-order valence-corrected chi connectivity index (χ2v) is 8.78. The molecule has 2 aromatic carbocycles. The zero-order valence-corrected chi connectivity index (χ0v) is 16.4. The van der Waals surface area contributed by atoms with Crippen LogP contribution in [0, 0.1) is 16.0 Å². The Morgan fingerprint density at radius 3 is 2.43 bits per heavy atom. The number of carbonyl (C=O) groups is 1. The number of aryl methyl sites for hydroxylation is 1. The van der Waals surface area contributed by atoms with Crippen LogP contribution in [0.5, 0.6) is 0 Å². The molecule has 8 nitrogen and oxygen atoms in total. The van der Waals surface area contributed by atoms with Crippen molar-refractivity contribution in [2.75, 3.05) is 16.2 Å². The molecule has 0 atom stereocenters. The Labute approximate surface area is 163 Å². The molecule has 9 heteroatoms. The van der Waals surface area contributed by atoms with Crippen LogP contribution >= 0.6 is 0 Å². The summed E-state index contributed by atoms with van der Waals surface area (Å²) in [5.41, 5.74) is 1.92. The van der Waals surface area contributed by atoms with Gasteiger partial charge in [-0.2, -0.15) is 0 Å². The van der Waals surface area contributed by atoms with Gasteiger partial charge in [-0.25, -0.2) is 8.42 Å². The molecular formula is C19H21N3O5S. The third-order valence-corrected chi connectivity index (χ3v) is 5.83. The van der Waals surface area contributed by atoms with E-state index in [-0.39, 0.29) is 16.5 Å². The number of benzene rings is 2. The molecule has 2 aromatic rings. The maximum Gasteiger partial charge on any atom is 0.269 e. The second-order valence-electron chi connectivity index (χ2n) is 7.10. The highest BCUT2D eigenvalue weighted by Crippen LogP contribution is 2.31. The zero-order chi connectivity index (χ0) is 20.5. The van der Waals surface area contributed by atoms with Gasteiger partial charge in [0.2, 0.25) is 5.91 Å². The van der Waals surface area contributed by atoms with E-state index in [4.69, 9.17) is 0 Å². The van der Waals surface area contributed by atoms with Gasteiger partial charge < -0.3 is 4.90 Å². The van der Waals surface area contributed by atoms with Crippen molar-refractivity contribution in [3.05, 3.63) is 58.1 Å². The molecule has 0 fully saturated rings. The van der Waals surface area contributed by atoms with E-state index in [0.29, 0.717) is 31.0 Å². The summed E-state index contributed by atoms with van der Waals surface area (Å²) in [5.74, 6) is 0.385. The first-order valence-corrected chi connectivity index (χ1v) is 10.4. The Hall–Kier alpha value is -2.94. The normalized spacial score (nSPS) is 14.1. The topological polar surface area (TPSA) is 110 Å². The third kappa shape index (κ3) is 4.14. The lowest BCUT2D eigenvalue weighted by Gasteiger charge is -2.31. The van der Waals surface area contributed by atoms with Crippen LogP contribution in [0.25, 0.3) is 0 Å². The van der Waals surface area contributed by atoms with Gasteiger partial charge in [-0.1, -0.05) is 13.8 Å². The van der Waals surface area contributed by atoms with Gasteiger partial charge in [0, 0.05) is 36.5 Å². The molecule has 0 saturated heterocycles. The van der Waals surface area contributed by atoms with E-state index in [1.165, 1.54) is 12.1 Å². The van der Waals surface area contributed by atoms with E-state index in [1.54, 1.807) is 23.1 Å². The molecule has 0 aliphatic carbocycles. The predicted molar refractivity (Wildman–Crippen MR) is 106 cm³/mol. The van der Waals surface area contributed by atoms with Crippen molar-refractivity contribution >= 4 is 33.0 Å². The smallest absolute Gasteiger partial charge is 0.269 e. The number of hydrogen-bond donors (Lipinski definition) is 1. The molecule has 0 spiro atoms. The van der Waals surface area contributed by atoms with Gasteiger partial charge in [0.1, 0.15) is 0 Å². The number of sulfonamides is 1. The highest BCUT2D eigenvalue weighted by atomic mass is 32.2. The summed E-state index contributed by atoms with van der Waals surface area (Å²) in [6.45, 7) is 4.68. The van der Waals surface area contributed by atoms with Crippen LogP contribution in [0.15, 0.2) is 47.4 Å². The maximum atomic E-state index is 12.6. The van der Waals surface area contributed by atoms with Gasteiger partial charge in [0.15, 0.2) is 0 Å². The molecule has 0 radical (unpaired) electrons. The van der Waals surface area contributed by atoms with E-state index in [1.807, 2.05) is 13.8 Å². The summed E-state index contributed by atoms with van der Waals surface area (Å²) in [6.07, 6.45) is 0.939. The molecule has 0 unspecified atom stereocenters. The van der Waals surface area contributed by atoms with Crippen LogP contribution in [0.3, 0.4) is 0 Å². The van der Waals surface area contributed by atoms with Crippen molar-refractivity contribution in [2.24, 2.45) is 5.92 Å². The van der Waals surface area contributed by atoms with Crippen LogP contribution in [0.1, 0.15) is 25.8 Å². The first-order chi connectivity index (χ1) is 13.2. The quantitative estimate of drug-likeness (QED) is 0.588. The lowest BCUT2D eigenvalue weighted by atomic mass is 9.99. The first kappa shape index (κ1) is 19.8. The lowest BCUT2D eigenvalue weighted by molar-refractivity contribution is -0.384. The number of carbonyl (C=O) groups excluding carboxylic acids is 1. The van der Waals surface area contributed by atoms with Gasteiger partial charge in [-0.05, 0) is 48.2 Å². The number of nitro benzene ring substituents is 1. The average molecular weight is 403 g/mol. The SMILES string of the molecule is CC(C)CN1C(=O)CCc2cc(NS(=O)(=O)c3ccc([N+](=O)[O-])cc3)ccc21. The van der Waals surface area contributed by atoms with Crippen LogP contribution < -0.4 is 9.62 Å². The molecule has 1 N–H and O–H groups in total. The Kier molecular flexibility index (Phi) is 5.37. The minimum absolute atomic E-state index is 0.0626. The number of anilines is 2. The fourth-order valence-corrected chi connectivity index (χ4v) is 4.20. The fourth-order valence-electron chi connectivity index (χ4n) is 3.15. The molecule has 1 heterocycles. The standard InChI is InChI=1S/C19H21N3O5S/c1-13(2)12-21-18-9-4-15(11-14(18)3-10-19(21)23)20-28(26,27)17-7-5-16(6-8-17)22(24)25/h4-9,11,13,20H,3,10,12H2,1-2H3. The van der Waals surface area contributed by atoms with Crippen molar-refractivity contribution < 1.29 is 18.1 Å². The number of non-ortho nitro benzene ring substituents is 1. The third-order valence-electron chi connectivity index (χ3n) is 4.44. The number of nitro groups is 1. The number of rotatable bonds is 6. The highest BCUT2D eigenvalue weighted by Gasteiger charge is 2.25. The highest BCUT2D eigenvalue weighted by molar-refractivity contribution is 7.92. The van der Waals surface area contributed by atoms with Gasteiger partial charge in [-0.3, -0.25) is 19.6 Å². The predicted octanol–water partition coefficient (Wildman–Crippen LogP) is 3.33. The molecular weight excluding hydrogens is 382 g/mol. The van der Waals surface area contributed by atoms with Gasteiger partial charge in [0.05, 0.1) is 9.82 Å². The number of nitrogens with zero attached hydrogens (tertiary/aromatic N) is 2. The van der Waals surface area contributed by atoms with Crippen molar-refractivity contribution in [1.29, 1.82) is 0 Å². The van der Waals surface area contributed by atoms with Crippen LogP contribution in [0.2, 0.25) is 0 Å². The zero-order valence-electron chi connectivity index (χ0n) is 15.6. The fraction of sp³-hybridized carbons (Fsp3) is 0.316. The lowest BCUT2D eigenvalue weighted by Crippen LogP contribution is -2.37. The summed E-state index contributed by atoms with van der Waals surface area (Å²) in [6, 6.07) is 9.80. The number of fused-ring (bicyclic) bond motifs is 1. The number of hydrogen-bond acceptors (Lipinski definition) is 5. The number of amides is 1. The Balaban J connectivity index is 1.85. The summed E-state index contributed by atoms with van der Waals surface area (Å²) in [4.78, 5) is 24.1. The monoisotopic (exact) mass is 403 g/mol. The van der Waals surface area contributed by atoms with E-state index >= 15 is 0 Å². The summed E-state index contributed by atoms with van der Waals surface area (Å²) in [5, 5.41) is 10.7. The minimum atomic E-state index is -3.88. The van der Waals surface area contributed by atoms with Crippen molar-refractivity contribution in [2.45, 2.75) is 31.6 Å². The van der Waals surface area contributed by atoms with Crippen molar-refractivity contribution in [3.63, 3.8) is 0 Å². The average Bonchev–Trinajstić information content (AvgIpc) is 2.63. The van der Waals surface area contributed by atoms with E-state index in [9.17, 15) is 23.3 Å². The second kappa shape index (κ2) is 7.59. The number of nitrogens with one attached hydrogen (secondary N) is 1. The largest absolute Gasteiger partial charge is 0.312 e. The molecule has 0 bridgehead atoms. The van der Waals surface area contributed by atoms with Gasteiger partial charge in [0.25, 0.3) is 15.7 Å². The van der Waals surface area contributed by atoms with Crippen LogP contribution in [-0.2, 0) is 21.2 Å². The van der Waals surface area contributed by atoms with Crippen LogP contribution in [-0.4, -0.2) is 25.8 Å². The molecule has 28 heavy (non-hydrogen) atoms. The van der Waals surface area contributed by atoms with E-state index in [2.05, 4.69) is 4.72 Å². The summed E-state index contributed by atoms with van der Waals surface area (Å²) < 4.78 is 27.6. The summed E-state index contributed by atoms with van der Waals surface area (Å²) in [7, 11) is -3.88. The molecule has 3 rings (SSSR count). The van der Waals surface area contributed by atoms with E-state index in [0.717, 1.165) is 23.4 Å². The maximum absolute atomic E-state index is 12.6. The molecule has 148 valence electrons.